The number of nitrogens with zero attached hydrogens (tertiary/aromatic N) is 1. The van der Waals surface area contributed by atoms with Gasteiger partial charge in [0.25, 0.3) is 0 Å². The van der Waals surface area contributed by atoms with E-state index in [1.165, 1.54) is 64.3 Å². The Morgan fingerprint density at radius 2 is 1.24 bits per heavy atom. The Morgan fingerprint density at radius 1 is 0.706 bits per heavy atom. The van der Waals surface area contributed by atoms with E-state index < -0.39 is 0 Å². The van der Waals surface area contributed by atoms with Crippen LogP contribution in [0, 0.1) is 0 Å². The zero-order valence-electron chi connectivity index (χ0n) is 12.4. The minimum atomic E-state index is 1.13. The fourth-order valence-corrected chi connectivity index (χ4v) is 1.99. The molecule has 0 aromatic heterocycles. The van der Waals surface area contributed by atoms with E-state index in [0.717, 1.165) is 13.1 Å². The third-order valence-corrected chi connectivity index (χ3v) is 3.19. The molecule has 0 radical (unpaired) electrons. The van der Waals surface area contributed by atoms with Crippen LogP contribution in [0.2, 0.25) is 0 Å². The number of hydrogen-bond donors (Lipinski definition) is 1. The van der Waals surface area contributed by atoms with Gasteiger partial charge < -0.3 is 10.2 Å². The second-order valence-electron chi connectivity index (χ2n) is 5.38. The Labute approximate surface area is 109 Å². The van der Waals surface area contributed by atoms with Crippen molar-refractivity contribution in [1.82, 2.24) is 10.2 Å². The van der Waals surface area contributed by atoms with E-state index >= 15 is 0 Å². The predicted molar refractivity (Wildman–Crippen MR) is 78.7 cm³/mol. The average molecular weight is 242 g/mol. The standard InChI is InChI=1S/C15H34N2/c1-4-5-6-7-8-9-10-11-12-13-16-14-15-17(2)3/h16H,4-15H2,1-3H3. The molecule has 17 heavy (non-hydrogen) atoms. The van der Waals surface area contributed by atoms with Gasteiger partial charge in [0.15, 0.2) is 0 Å². The van der Waals surface area contributed by atoms with Gasteiger partial charge in [0.05, 0.1) is 0 Å². The van der Waals surface area contributed by atoms with E-state index in [4.69, 9.17) is 0 Å². The van der Waals surface area contributed by atoms with E-state index in [0.29, 0.717) is 0 Å². The lowest BCUT2D eigenvalue weighted by Gasteiger charge is -2.10. The summed E-state index contributed by atoms with van der Waals surface area (Å²) in [6, 6.07) is 0. The lowest BCUT2D eigenvalue weighted by atomic mass is 10.1. The highest BCUT2D eigenvalue weighted by atomic mass is 15.1. The Morgan fingerprint density at radius 3 is 1.76 bits per heavy atom. The van der Waals surface area contributed by atoms with E-state index in [1.807, 2.05) is 0 Å². The molecule has 0 aliphatic rings. The second kappa shape index (κ2) is 14.0. The first-order valence-corrected chi connectivity index (χ1v) is 7.62. The van der Waals surface area contributed by atoms with Crippen molar-refractivity contribution in [3.8, 4) is 0 Å². The van der Waals surface area contributed by atoms with Crippen molar-refractivity contribution in [3.63, 3.8) is 0 Å². The van der Waals surface area contributed by atoms with Gasteiger partial charge in [-0.1, -0.05) is 58.3 Å². The number of rotatable bonds is 13. The van der Waals surface area contributed by atoms with Crippen LogP contribution in [0.25, 0.3) is 0 Å². The quantitative estimate of drug-likeness (QED) is 0.496. The van der Waals surface area contributed by atoms with Crippen molar-refractivity contribution in [1.29, 1.82) is 0 Å². The molecule has 104 valence electrons. The van der Waals surface area contributed by atoms with Crippen LogP contribution in [-0.2, 0) is 0 Å². The van der Waals surface area contributed by atoms with Crippen molar-refractivity contribution >= 4 is 0 Å². The van der Waals surface area contributed by atoms with Crippen LogP contribution in [-0.4, -0.2) is 38.6 Å². The van der Waals surface area contributed by atoms with Gasteiger partial charge in [-0.3, -0.25) is 0 Å². The van der Waals surface area contributed by atoms with Crippen LogP contribution >= 0.6 is 0 Å². The summed E-state index contributed by atoms with van der Waals surface area (Å²) >= 11 is 0. The Bertz CT molecular complexity index is 135. The van der Waals surface area contributed by atoms with Gasteiger partial charge in [-0.15, -0.1) is 0 Å². The van der Waals surface area contributed by atoms with Gasteiger partial charge in [-0.25, -0.2) is 0 Å². The Kier molecular flexibility index (Phi) is 13.9. The number of hydrogen-bond acceptors (Lipinski definition) is 2. The molecule has 0 aromatic carbocycles. The predicted octanol–water partition coefficient (Wildman–Crippen LogP) is 3.67. The summed E-state index contributed by atoms with van der Waals surface area (Å²) in [6.45, 7) is 5.76. The molecule has 0 atom stereocenters. The number of unbranched alkanes of at least 4 members (excludes halogenated alkanes) is 8. The molecule has 0 unspecified atom stereocenters. The minimum absolute atomic E-state index is 1.13. The first-order valence-electron chi connectivity index (χ1n) is 7.62. The first-order chi connectivity index (χ1) is 8.27. The van der Waals surface area contributed by atoms with Crippen LogP contribution in [0.15, 0.2) is 0 Å². The molecular weight excluding hydrogens is 208 g/mol. The minimum Gasteiger partial charge on any atom is -0.315 e. The highest BCUT2D eigenvalue weighted by Crippen LogP contribution is 2.08. The molecule has 0 aliphatic carbocycles. The lowest BCUT2D eigenvalue weighted by Crippen LogP contribution is -2.27. The van der Waals surface area contributed by atoms with Crippen LogP contribution in [0.4, 0.5) is 0 Å². The van der Waals surface area contributed by atoms with Crippen LogP contribution in [0.1, 0.15) is 64.7 Å². The zero-order valence-corrected chi connectivity index (χ0v) is 12.4. The normalized spacial score (nSPS) is 11.3. The molecule has 2 heteroatoms. The molecule has 0 saturated heterocycles. The summed E-state index contributed by atoms with van der Waals surface area (Å²) in [5.74, 6) is 0. The van der Waals surface area contributed by atoms with E-state index in [2.05, 4.69) is 31.2 Å². The van der Waals surface area contributed by atoms with Crippen molar-refractivity contribution in [2.24, 2.45) is 0 Å². The maximum Gasteiger partial charge on any atom is 0.0101 e. The van der Waals surface area contributed by atoms with Crippen LogP contribution < -0.4 is 5.32 Å². The highest BCUT2D eigenvalue weighted by Gasteiger charge is 1.93. The Hall–Kier alpha value is -0.0800. The Balaban J connectivity index is 2.89. The fourth-order valence-electron chi connectivity index (χ4n) is 1.99. The largest absolute Gasteiger partial charge is 0.315 e. The smallest absolute Gasteiger partial charge is 0.0101 e. The topological polar surface area (TPSA) is 15.3 Å². The van der Waals surface area contributed by atoms with Gasteiger partial charge in [0.1, 0.15) is 0 Å². The summed E-state index contributed by atoms with van der Waals surface area (Å²) in [5, 5.41) is 3.49. The average Bonchev–Trinajstić information content (AvgIpc) is 2.30. The molecule has 0 aliphatic heterocycles. The van der Waals surface area contributed by atoms with Crippen LogP contribution in [0.3, 0.4) is 0 Å². The molecule has 0 bridgehead atoms. The monoisotopic (exact) mass is 242 g/mol. The zero-order chi connectivity index (χ0) is 12.8. The number of likely N-dealkylation sites (N-methyl/N-ethyl adjacent to an activating group) is 1. The van der Waals surface area contributed by atoms with Crippen molar-refractivity contribution in [3.05, 3.63) is 0 Å². The SMILES string of the molecule is CCCCCCCCCCCNCCN(C)C. The van der Waals surface area contributed by atoms with Gasteiger partial charge in [0, 0.05) is 13.1 Å². The fraction of sp³-hybridized carbons (Fsp3) is 1.00. The van der Waals surface area contributed by atoms with Crippen molar-refractivity contribution in [2.75, 3.05) is 33.7 Å². The molecule has 0 heterocycles. The summed E-state index contributed by atoms with van der Waals surface area (Å²) in [4.78, 5) is 2.23. The second-order valence-corrected chi connectivity index (χ2v) is 5.38. The summed E-state index contributed by atoms with van der Waals surface area (Å²) < 4.78 is 0. The molecule has 0 aromatic rings. The summed E-state index contributed by atoms with van der Waals surface area (Å²) in [6.07, 6.45) is 12.8. The third kappa shape index (κ3) is 15.9. The van der Waals surface area contributed by atoms with Gasteiger partial charge in [0.2, 0.25) is 0 Å². The molecule has 2 nitrogen and oxygen atoms in total. The molecule has 0 amide bonds. The van der Waals surface area contributed by atoms with Crippen molar-refractivity contribution < 1.29 is 0 Å². The number of nitrogens with one attached hydrogen (secondary N) is 1. The third-order valence-electron chi connectivity index (χ3n) is 3.19. The lowest BCUT2D eigenvalue weighted by molar-refractivity contribution is 0.398. The summed E-state index contributed by atoms with van der Waals surface area (Å²) in [7, 11) is 4.25. The molecular formula is C15H34N2. The first kappa shape index (κ1) is 16.9. The van der Waals surface area contributed by atoms with Crippen LogP contribution in [0.5, 0.6) is 0 Å². The van der Waals surface area contributed by atoms with Gasteiger partial charge in [-0.05, 0) is 27.1 Å². The maximum absolute atomic E-state index is 3.49. The van der Waals surface area contributed by atoms with E-state index in [1.54, 1.807) is 0 Å². The van der Waals surface area contributed by atoms with Gasteiger partial charge in [-0.2, -0.15) is 0 Å². The molecule has 0 fully saturated rings. The molecule has 0 rings (SSSR count). The van der Waals surface area contributed by atoms with E-state index in [-0.39, 0.29) is 0 Å². The van der Waals surface area contributed by atoms with Crippen molar-refractivity contribution in [2.45, 2.75) is 64.7 Å². The van der Waals surface area contributed by atoms with Gasteiger partial charge >= 0.3 is 0 Å². The van der Waals surface area contributed by atoms with E-state index in [9.17, 15) is 0 Å². The molecule has 0 saturated carbocycles. The molecule has 0 spiro atoms. The molecule has 1 N–H and O–H groups in total. The summed E-state index contributed by atoms with van der Waals surface area (Å²) in [5.41, 5.74) is 0. The maximum atomic E-state index is 3.49. The highest BCUT2D eigenvalue weighted by molar-refractivity contribution is 4.52.